The van der Waals surface area contributed by atoms with E-state index in [4.69, 9.17) is 4.74 Å². The van der Waals surface area contributed by atoms with Crippen LogP contribution < -0.4 is 21.3 Å². The highest BCUT2D eigenvalue weighted by Crippen LogP contribution is 2.14. The normalized spacial score (nSPS) is 12.6. The van der Waals surface area contributed by atoms with Gasteiger partial charge < -0.3 is 15.0 Å². The zero-order chi connectivity index (χ0) is 22.6. The van der Waals surface area contributed by atoms with Crippen LogP contribution in [0.1, 0.15) is 6.92 Å². The van der Waals surface area contributed by atoms with Crippen molar-refractivity contribution in [3.8, 4) is 0 Å². The molecule has 3 aromatic rings. The molecule has 1 aromatic heterocycles. The monoisotopic (exact) mass is 446 g/mol. The molecule has 0 saturated carbocycles. The van der Waals surface area contributed by atoms with E-state index in [1.165, 1.54) is 31.4 Å². The SMILES string of the molecule is COCC(C)NS(=O)(=O)c1ccc(NC(=O)Cn2c(=O)[nH]c3ccccc3c2=O)cc1. The van der Waals surface area contributed by atoms with Crippen LogP contribution >= 0.6 is 0 Å². The molecule has 0 aliphatic heterocycles. The third kappa shape index (κ3) is 5.26. The molecule has 1 heterocycles. The number of para-hydroxylation sites is 1. The Balaban J connectivity index is 1.73. The zero-order valence-electron chi connectivity index (χ0n) is 16.9. The largest absolute Gasteiger partial charge is 0.383 e. The summed E-state index contributed by atoms with van der Waals surface area (Å²) in [6.07, 6.45) is 0. The van der Waals surface area contributed by atoms with Crippen LogP contribution in [0.3, 0.4) is 0 Å². The number of amides is 1. The molecule has 1 amide bonds. The Morgan fingerprint density at radius 3 is 2.48 bits per heavy atom. The van der Waals surface area contributed by atoms with Gasteiger partial charge in [-0.3, -0.25) is 14.2 Å². The second kappa shape index (κ2) is 9.25. The number of nitrogens with zero attached hydrogens (tertiary/aromatic N) is 1. The summed E-state index contributed by atoms with van der Waals surface area (Å²) in [5.74, 6) is -0.606. The number of benzene rings is 2. The summed E-state index contributed by atoms with van der Waals surface area (Å²) >= 11 is 0. The molecule has 31 heavy (non-hydrogen) atoms. The number of nitrogens with one attached hydrogen (secondary N) is 3. The number of rotatable bonds is 8. The molecule has 0 aliphatic rings. The van der Waals surface area contributed by atoms with Crippen LogP contribution in [0.2, 0.25) is 0 Å². The van der Waals surface area contributed by atoms with Crippen LogP contribution in [0.5, 0.6) is 0 Å². The predicted molar refractivity (Wildman–Crippen MR) is 116 cm³/mol. The summed E-state index contributed by atoms with van der Waals surface area (Å²) in [5, 5.41) is 2.84. The molecule has 0 spiro atoms. The summed E-state index contributed by atoms with van der Waals surface area (Å²) in [6, 6.07) is 11.6. The highest BCUT2D eigenvalue weighted by atomic mass is 32.2. The van der Waals surface area contributed by atoms with E-state index in [0.29, 0.717) is 16.6 Å². The number of sulfonamides is 1. The summed E-state index contributed by atoms with van der Waals surface area (Å²) < 4.78 is 32.9. The zero-order valence-corrected chi connectivity index (χ0v) is 17.7. The van der Waals surface area contributed by atoms with Gasteiger partial charge in [-0.05, 0) is 43.3 Å². The number of aromatic amines is 1. The Bertz CT molecular complexity index is 1310. The fourth-order valence-electron chi connectivity index (χ4n) is 3.02. The van der Waals surface area contributed by atoms with Crippen molar-refractivity contribution in [1.82, 2.24) is 14.3 Å². The first kappa shape index (κ1) is 22.4. The molecule has 0 fully saturated rings. The van der Waals surface area contributed by atoms with Gasteiger partial charge in [0.25, 0.3) is 5.56 Å². The summed E-state index contributed by atoms with van der Waals surface area (Å²) in [6.45, 7) is 1.40. The topological polar surface area (TPSA) is 139 Å². The summed E-state index contributed by atoms with van der Waals surface area (Å²) in [7, 11) is -2.27. The highest BCUT2D eigenvalue weighted by molar-refractivity contribution is 7.89. The molecule has 0 radical (unpaired) electrons. The van der Waals surface area contributed by atoms with Crippen molar-refractivity contribution in [2.45, 2.75) is 24.4 Å². The van der Waals surface area contributed by atoms with Crippen LogP contribution in [0.15, 0.2) is 63.0 Å². The third-order valence-electron chi connectivity index (χ3n) is 4.41. The van der Waals surface area contributed by atoms with Gasteiger partial charge in [0.05, 0.1) is 22.4 Å². The molecule has 11 heteroatoms. The van der Waals surface area contributed by atoms with Crippen LogP contribution in [-0.4, -0.2) is 43.6 Å². The van der Waals surface area contributed by atoms with Crippen molar-refractivity contribution in [2.24, 2.45) is 0 Å². The Labute approximate surface area is 177 Å². The van der Waals surface area contributed by atoms with E-state index < -0.39 is 39.8 Å². The van der Waals surface area contributed by atoms with Crippen molar-refractivity contribution >= 4 is 32.5 Å². The molecule has 10 nitrogen and oxygen atoms in total. The van der Waals surface area contributed by atoms with Gasteiger partial charge in [-0.25, -0.2) is 17.9 Å². The fourth-order valence-corrected chi connectivity index (χ4v) is 4.25. The Kier molecular flexibility index (Phi) is 6.68. The Morgan fingerprint density at radius 2 is 1.81 bits per heavy atom. The number of H-pyrrole nitrogens is 1. The number of anilines is 1. The van der Waals surface area contributed by atoms with Crippen LogP contribution in [0, 0.1) is 0 Å². The molecule has 0 bridgehead atoms. The second-order valence-electron chi connectivity index (χ2n) is 6.92. The maximum atomic E-state index is 12.5. The fraction of sp³-hybridized carbons (Fsp3) is 0.250. The minimum Gasteiger partial charge on any atom is -0.383 e. The number of carbonyl (C=O) groups excluding carboxylic acids is 1. The lowest BCUT2D eigenvalue weighted by molar-refractivity contribution is -0.116. The van der Waals surface area contributed by atoms with Gasteiger partial charge in [-0.2, -0.15) is 0 Å². The highest BCUT2D eigenvalue weighted by Gasteiger charge is 2.17. The van der Waals surface area contributed by atoms with E-state index in [0.717, 1.165) is 4.57 Å². The molecule has 164 valence electrons. The van der Waals surface area contributed by atoms with Gasteiger partial charge in [0, 0.05) is 18.8 Å². The molecule has 1 unspecified atom stereocenters. The minimum absolute atomic E-state index is 0.0237. The molecule has 2 aromatic carbocycles. The van der Waals surface area contributed by atoms with Crippen LogP contribution in [0.4, 0.5) is 5.69 Å². The molecular formula is C20H22N4O6S. The number of hydrogen-bond acceptors (Lipinski definition) is 6. The lowest BCUT2D eigenvalue weighted by atomic mass is 10.2. The van der Waals surface area contributed by atoms with Crippen molar-refractivity contribution in [3.05, 3.63) is 69.4 Å². The number of hydrogen-bond donors (Lipinski definition) is 3. The van der Waals surface area contributed by atoms with E-state index in [2.05, 4.69) is 15.0 Å². The van der Waals surface area contributed by atoms with E-state index in [-0.39, 0.29) is 11.5 Å². The molecule has 3 rings (SSSR count). The predicted octanol–water partition coefficient (Wildman–Crippen LogP) is 0.642. The Hall–Kier alpha value is -3.28. The first-order chi connectivity index (χ1) is 14.7. The molecule has 0 aliphatic carbocycles. The van der Waals surface area contributed by atoms with E-state index in [1.54, 1.807) is 31.2 Å². The van der Waals surface area contributed by atoms with Gasteiger partial charge in [0.15, 0.2) is 0 Å². The first-order valence-electron chi connectivity index (χ1n) is 9.34. The number of ether oxygens (including phenoxy) is 1. The van der Waals surface area contributed by atoms with E-state index in [9.17, 15) is 22.8 Å². The van der Waals surface area contributed by atoms with Gasteiger partial charge in [-0.15, -0.1) is 0 Å². The third-order valence-corrected chi connectivity index (χ3v) is 6.02. The lowest BCUT2D eigenvalue weighted by Gasteiger charge is -2.13. The van der Waals surface area contributed by atoms with Crippen molar-refractivity contribution in [2.75, 3.05) is 19.0 Å². The number of fused-ring (bicyclic) bond motifs is 1. The quantitative estimate of drug-likeness (QED) is 0.464. The molecule has 3 N–H and O–H groups in total. The van der Waals surface area contributed by atoms with Gasteiger partial charge >= 0.3 is 5.69 Å². The Morgan fingerprint density at radius 1 is 1.13 bits per heavy atom. The molecular weight excluding hydrogens is 424 g/mol. The second-order valence-corrected chi connectivity index (χ2v) is 8.63. The van der Waals surface area contributed by atoms with Gasteiger partial charge in [0.2, 0.25) is 15.9 Å². The summed E-state index contributed by atoms with van der Waals surface area (Å²) in [5.41, 5.74) is -0.567. The maximum absolute atomic E-state index is 12.5. The number of methoxy groups -OCH3 is 1. The molecule has 0 saturated heterocycles. The molecule has 1 atom stereocenters. The van der Waals surface area contributed by atoms with Crippen molar-refractivity contribution < 1.29 is 17.9 Å². The van der Waals surface area contributed by atoms with Crippen LogP contribution in [-0.2, 0) is 26.1 Å². The maximum Gasteiger partial charge on any atom is 0.329 e. The van der Waals surface area contributed by atoms with Crippen LogP contribution in [0.25, 0.3) is 10.9 Å². The average molecular weight is 446 g/mol. The average Bonchev–Trinajstić information content (AvgIpc) is 2.71. The standard InChI is InChI=1S/C20H22N4O6S/c1-13(12-30-2)23-31(28,29)15-9-7-14(8-10-15)21-18(25)11-24-19(26)16-5-3-4-6-17(16)22-20(24)27/h3-10,13,23H,11-12H2,1-2H3,(H,21,25)(H,22,27). The van der Waals surface area contributed by atoms with Crippen molar-refractivity contribution in [1.29, 1.82) is 0 Å². The van der Waals surface area contributed by atoms with Gasteiger partial charge in [0.1, 0.15) is 6.54 Å². The van der Waals surface area contributed by atoms with E-state index >= 15 is 0 Å². The number of carbonyl (C=O) groups is 1. The van der Waals surface area contributed by atoms with Gasteiger partial charge in [-0.1, -0.05) is 12.1 Å². The number of aromatic nitrogens is 2. The lowest BCUT2D eigenvalue weighted by Crippen LogP contribution is -2.38. The minimum atomic E-state index is -3.74. The van der Waals surface area contributed by atoms with E-state index in [1.807, 2.05) is 0 Å². The van der Waals surface area contributed by atoms with Crippen molar-refractivity contribution in [3.63, 3.8) is 0 Å². The smallest absolute Gasteiger partial charge is 0.329 e. The first-order valence-corrected chi connectivity index (χ1v) is 10.8. The summed E-state index contributed by atoms with van der Waals surface area (Å²) in [4.78, 5) is 39.6.